The molecule has 10 nitrogen and oxygen atoms in total. The first-order chi connectivity index (χ1) is 15.1. The summed E-state index contributed by atoms with van der Waals surface area (Å²) in [7, 11) is 1.93. The first-order valence-electron chi connectivity index (χ1n) is 10.8. The molecule has 164 valence electrons. The van der Waals surface area contributed by atoms with Gasteiger partial charge in [0.25, 0.3) is 5.91 Å². The second kappa shape index (κ2) is 7.92. The van der Waals surface area contributed by atoms with E-state index in [0.717, 1.165) is 42.9 Å². The van der Waals surface area contributed by atoms with Gasteiger partial charge in [-0.2, -0.15) is 10.1 Å². The van der Waals surface area contributed by atoms with Gasteiger partial charge in [-0.15, -0.1) is 0 Å². The third kappa shape index (κ3) is 3.44. The van der Waals surface area contributed by atoms with Crippen molar-refractivity contribution in [1.29, 1.82) is 0 Å². The van der Waals surface area contributed by atoms with E-state index in [1.54, 1.807) is 0 Å². The average molecular weight is 425 g/mol. The Morgan fingerprint density at radius 1 is 1.32 bits per heavy atom. The summed E-state index contributed by atoms with van der Waals surface area (Å²) in [5.41, 5.74) is 3.33. The number of carbonyl (C=O) groups is 1. The van der Waals surface area contributed by atoms with Crippen molar-refractivity contribution in [2.45, 2.75) is 51.9 Å². The Balaban J connectivity index is 1.38. The molecule has 0 bridgehead atoms. The van der Waals surface area contributed by atoms with Gasteiger partial charge in [-0.05, 0) is 26.7 Å². The first kappa shape index (κ1) is 19.9. The number of aryl methyl sites for hydroxylation is 2. The summed E-state index contributed by atoms with van der Waals surface area (Å²) in [6, 6.07) is 0. The fourth-order valence-electron chi connectivity index (χ4n) is 4.45. The Bertz CT molecular complexity index is 1120. The lowest BCUT2D eigenvalue weighted by molar-refractivity contribution is -0.140. The molecule has 0 aliphatic carbocycles. The standard InChI is InChI=1S/C21H27N7O3/c1-4-28-13(2)15(10-24-28)18-25-17-19(26(18)3)22-12-23-20(17)31-14-7-8-27(11-14)21(29)16-6-5-9-30-16/h10,12,14,16H,4-9,11H2,1-3H3. The van der Waals surface area contributed by atoms with E-state index in [-0.39, 0.29) is 18.1 Å². The number of hydrogen-bond acceptors (Lipinski definition) is 7. The predicted molar refractivity (Wildman–Crippen MR) is 113 cm³/mol. The van der Waals surface area contributed by atoms with Gasteiger partial charge < -0.3 is 18.9 Å². The molecule has 5 heterocycles. The summed E-state index contributed by atoms with van der Waals surface area (Å²) in [6.07, 6.45) is 5.41. The quantitative estimate of drug-likeness (QED) is 0.613. The molecule has 3 aromatic rings. The molecule has 2 fully saturated rings. The van der Waals surface area contributed by atoms with Crippen LogP contribution in [0.3, 0.4) is 0 Å². The minimum Gasteiger partial charge on any atom is -0.471 e. The van der Waals surface area contributed by atoms with Crippen molar-refractivity contribution >= 4 is 17.1 Å². The SMILES string of the molecule is CCn1ncc(-c2nc3c(OC4CCN(C(=O)C5CCCO5)C4)ncnc3n2C)c1C. The third-order valence-corrected chi connectivity index (χ3v) is 6.21. The highest BCUT2D eigenvalue weighted by Gasteiger charge is 2.34. The Kier molecular flexibility index (Phi) is 5.09. The highest BCUT2D eigenvalue weighted by molar-refractivity contribution is 5.82. The van der Waals surface area contributed by atoms with E-state index in [0.29, 0.717) is 36.7 Å². The van der Waals surface area contributed by atoms with Crippen molar-refractivity contribution in [3.8, 4) is 17.3 Å². The van der Waals surface area contributed by atoms with Crippen LogP contribution >= 0.6 is 0 Å². The van der Waals surface area contributed by atoms with Crippen LogP contribution in [0.5, 0.6) is 5.88 Å². The van der Waals surface area contributed by atoms with Crippen LogP contribution in [0.15, 0.2) is 12.5 Å². The Morgan fingerprint density at radius 3 is 2.94 bits per heavy atom. The fourth-order valence-corrected chi connectivity index (χ4v) is 4.45. The number of fused-ring (bicyclic) bond motifs is 1. The van der Waals surface area contributed by atoms with E-state index in [1.165, 1.54) is 6.33 Å². The van der Waals surface area contributed by atoms with Gasteiger partial charge in [0, 0.05) is 38.9 Å². The molecule has 0 saturated carbocycles. The Morgan fingerprint density at radius 2 is 2.19 bits per heavy atom. The zero-order chi connectivity index (χ0) is 21.5. The van der Waals surface area contributed by atoms with E-state index in [1.807, 2.05) is 34.3 Å². The molecule has 0 spiro atoms. The average Bonchev–Trinajstić information content (AvgIpc) is 3.56. The van der Waals surface area contributed by atoms with Crippen LogP contribution in [0.2, 0.25) is 0 Å². The zero-order valence-electron chi connectivity index (χ0n) is 18.1. The van der Waals surface area contributed by atoms with E-state index in [9.17, 15) is 4.79 Å². The molecular formula is C21H27N7O3. The van der Waals surface area contributed by atoms with E-state index in [2.05, 4.69) is 22.0 Å². The van der Waals surface area contributed by atoms with Crippen LogP contribution in [0.25, 0.3) is 22.6 Å². The van der Waals surface area contributed by atoms with Crippen LogP contribution in [-0.4, -0.2) is 72.0 Å². The number of aromatic nitrogens is 6. The van der Waals surface area contributed by atoms with Gasteiger partial charge in [-0.1, -0.05) is 0 Å². The van der Waals surface area contributed by atoms with Crippen molar-refractivity contribution < 1.29 is 14.3 Å². The number of likely N-dealkylation sites (tertiary alicyclic amines) is 1. The number of nitrogens with zero attached hydrogens (tertiary/aromatic N) is 7. The topological polar surface area (TPSA) is 100 Å². The van der Waals surface area contributed by atoms with E-state index >= 15 is 0 Å². The molecule has 3 aromatic heterocycles. The summed E-state index contributed by atoms with van der Waals surface area (Å²) in [5.74, 6) is 1.29. The number of hydrogen-bond donors (Lipinski definition) is 0. The molecule has 2 aliphatic heterocycles. The maximum absolute atomic E-state index is 12.6. The first-order valence-corrected chi connectivity index (χ1v) is 10.8. The number of carbonyl (C=O) groups excluding carboxylic acids is 1. The number of rotatable bonds is 5. The van der Waals surface area contributed by atoms with Gasteiger partial charge in [0.1, 0.15) is 24.4 Å². The van der Waals surface area contributed by atoms with Crippen molar-refractivity contribution in [1.82, 2.24) is 34.2 Å². The predicted octanol–water partition coefficient (Wildman–Crippen LogP) is 1.71. The summed E-state index contributed by atoms with van der Waals surface area (Å²) in [4.78, 5) is 28.0. The second-order valence-corrected chi connectivity index (χ2v) is 8.12. The normalized spacial score (nSPS) is 21.3. The van der Waals surface area contributed by atoms with Crippen molar-refractivity contribution in [2.24, 2.45) is 7.05 Å². The number of imidazole rings is 1. The molecule has 31 heavy (non-hydrogen) atoms. The number of amides is 1. The van der Waals surface area contributed by atoms with Gasteiger partial charge in [0.2, 0.25) is 5.88 Å². The third-order valence-electron chi connectivity index (χ3n) is 6.21. The second-order valence-electron chi connectivity index (χ2n) is 8.12. The van der Waals surface area contributed by atoms with Gasteiger partial charge in [-0.3, -0.25) is 9.48 Å². The lowest BCUT2D eigenvalue weighted by atomic mass is 10.2. The number of ether oxygens (including phenoxy) is 2. The minimum atomic E-state index is -0.296. The van der Waals surface area contributed by atoms with Crippen LogP contribution in [0, 0.1) is 6.92 Å². The molecule has 5 rings (SSSR count). The van der Waals surface area contributed by atoms with Crippen molar-refractivity contribution in [3.05, 3.63) is 18.2 Å². The van der Waals surface area contributed by atoms with Crippen LogP contribution in [0.1, 0.15) is 31.9 Å². The maximum Gasteiger partial charge on any atom is 0.251 e. The van der Waals surface area contributed by atoms with Crippen molar-refractivity contribution in [3.63, 3.8) is 0 Å². The highest BCUT2D eigenvalue weighted by Crippen LogP contribution is 2.30. The van der Waals surface area contributed by atoms with Gasteiger partial charge in [0.05, 0.1) is 18.3 Å². The van der Waals surface area contributed by atoms with Crippen LogP contribution in [0.4, 0.5) is 0 Å². The van der Waals surface area contributed by atoms with Gasteiger partial charge in [-0.25, -0.2) is 9.97 Å². The lowest BCUT2D eigenvalue weighted by Crippen LogP contribution is -2.38. The zero-order valence-corrected chi connectivity index (χ0v) is 18.1. The summed E-state index contributed by atoms with van der Waals surface area (Å²) in [6.45, 7) is 6.76. The fraction of sp³-hybridized carbons (Fsp3) is 0.571. The molecule has 0 radical (unpaired) electrons. The van der Waals surface area contributed by atoms with Gasteiger partial charge >= 0.3 is 0 Å². The van der Waals surface area contributed by atoms with E-state index < -0.39 is 0 Å². The molecular weight excluding hydrogens is 398 g/mol. The molecule has 2 saturated heterocycles. The molecule has 1 amide bonds. The van der Waals surface area contributed by atoms with Crippen LogP contribution in [-0.2, 0) is 23.1 Å². The maximum atomic E-state index is 12.6. The molecule has 0 aromatic carbocycles. The molecule has 0 N–H and O–H groups in total. The van der Waals surface area contributed by atoms with Crippen LogP contribution < -0.4 is 4.74 Å². The largest absolute Gasteiger partial charge is 0.471 e. The minimum absolute atomic E-state index is 0.0694. The highest BCUT2D eigenvalue weighted by atomic mass is 16.5. The van der Waals surface area contributed by atoms with E-state index in [4.69, 9.17) is 14.5 Å². The molecule has 2 unspecified atom stereocenters. The van der Waals surface area contributed by atoms with Gasteiger partial charge in [0.15, 0.2) is 11.2 Å². The molecule has 2 aliphatic rings. The summed E-state index contributed by atoms with van der Waals surface area (Å²) >= 11 is 0. The summed E-state index contributed by atoms with van der Waals surface area (Å²) in [5, 5.41) is 4.43. The smallest absolute Gasteiger partial charge is 0.251 e. The molecule has 10 heteroatoms. The van der Waals surface area contributed by atoms with Crippen molar-refractivity contribution in [2.75, 3.05) is 19.7 Å². The Labute approximate surface area is 180 Å². The summed E-state index contributed by atoms with van der Waals surface area (Å²) < 4.78 is 15.6. The molecule has 2 atom stereocenters. The Hall–Kier alpha value is -3.01. The lowest BCUT2D eigenvalue weighted by Gasteiger charge is -2.20. The monoisotopic (exact) mass is 425 g/mol.